The first-order valence-corrected chi connectivity index (χ1v) is 2.08. The predicted molar refractivity (Wildman–Crippen MR) is 26.5 cm³/mol. The number of ether oxygens (including phenoxy) is 1. The first-order valence-electron chi connectivity index (χ1n) is 2.08. The molecule has 0 unspecified atom stereocenters. The molecular formula is C5H11Cl2CrO. The van der Waals surface area contributed by atoms with Crippen LogP contribution in [0.1, 0.15) is 12.8 Å². The smallest absolute Gasteiger partial charge is 1.00 e. The largest absolute Gasteiger partial charge is 3.00 e. The van der Waals surface area contributed by atoms with Gasteiger partial charge in [0.25, 0.3) is 0 Å². The summed E-state index contributed by atoms with van der Waals surface area (Å²) in [5, 5.41) is 0. The van der Waals surface area contributed by atoms with Crippen LogP contribution in [0, 0.1) is 7.43 Å². The van der Waals surface area contributed by atoms with E-state index in [9.17, 15) is 0 Å². The molecule has 4 heteroatoms. The first-order chi connectivity index (χ1) is 2.50. The summed E-state index contributed by atoms with van der Waals surface area (Å²) in [7, 11) is 0. The summed E-state index contributed by atoms with van der Waals surface area (Å²) in [6, 6.07) is 0. The maximum absolute atomic E-state index is 4.94. The van der Waals surface area contributed by atoms with Gasteiger partial charge in [0, 0.05) is 13.2 Å². The second kappa shape index (κ2) is 16.0. The standard InChI is InChI=1S/C4H8O.CH3.2ClH.Cr/c1-2-4-5-3-1;;;;/h1-4H2;1H3;2*1H;/q;-1;;;+3/p-2. The van der Waals surface area contributed by atoms with E-state index in [0.717, 1.165) is 13.2 Å². The van der Waals surface area contributed by atoms with Crippen molar-refractivity contribution in [3.8, 4) is 0 Å². The summed E-state index contributed by atoms with van der Waals surface area (Å²) < 4.78 is 4.94. The van der Waals surface area contributed by atoms with Crippen LogP contribution in [0.15, 0.2) is 0 Å². The molecule has 9 heavy (non-hydrogen) atoms. The molecule has 1 nitrogen and oxygen atoms in total. The Morgan fingerprint density at radius 2 is 1.22 bits per heavy atom. The molecule has 0 N–H and O–H groups in total. The normalized spacial score (nSPS) is 13.3. The molecule has 1 fully saturated rings. The minimum Gasteiger partial charge on any atom is -1.00 e. The fourth-order valence-electron chi connectivity index (χ4n) is 0.510. The van der Waals surface area contributed by atoms with E-state index in [1.807, 2.05) is 0 Å². The SMILES string of the molecule is C1CCOC1.[CH3-].[Cl-].[Cl-].[Cr+3]. The Morgan fingerprint density at radius 1 is 0.889 bits per heavy atom. The van der Waals surface area contributed by atoms with Crippen LogP contribution in [0.2, 0.25) is 0 Å². The van der Waals surface area contributed by atoms with E-state index >= 15 is 0 Å². The van der Waals surface area contributed by atoms with Crippen molar-refractivity contribution in [2.75, 3.05) is 13.2 Å². The summed E-state index contributed by atoms with van der Waals surface area (Å²) in [5.74, 6) is 0. The van der Waals surface area contributed by atoms with E-state index in [1.165, 1.54) is 12.8 Å². The van der Waals surface area contributed by atoms with Crippen LogP contribution in [-0.4, -0.2) is 13.2 Å². The van der Waals surface area contributed by atoms with Crippen molar-refractivity contribution < 1.29 is 46.9 Å². The van der Waals surface area contributed by atoms with Crippen molar-refractivity contribution in [3.63, 3.8) is 0 Å². The molecular weight excluding hydrogens is 199 g/mol. The van der Waals surface area contributed by atoms with E-state index in [2.05, 4.69) is 0 Å². The number of rotatable bonds is 0. The van der Waals surface area contributed by atoms with Gasteiger partial charge in [-0.25, -0.2) is 0 Å². The van der Waals surface area contributed by atoms with Gasteiger partial charge in [-0.2, -0.15) is 0 Å². The molecule has 0 aliphatic carbocycles. The number of halogens is 2. The molecule has 1 rings (SSSR count). The zero-order valence-electron chi connectivity index (χ0n) is 5.40. The molecule has 0 aromatic carbocycles. The van der Waals surface area contributed by atoms with Gasteiger partial charge in [-0.1, -0.05) is 0 Å². The quantitative estimate of drug-likeness (QED) is 0.365. The van der Waals surface area contributed by atoms with Crippen molar-refractivity contribution in [1.82, 2.24) is 0 Å². The molecule has 0 aromatic rings. The maximum atomic E-state index is 4.94. The summed E-state index contributed by atoms with van der Waals surface area (Å²) in [4.78, 5) is 0. The van der Waals surface area contributed by atoms with Crippen molar-refractivity contribution in [3.05, 3.63) is 7.43 Å². The molecule has 0 bridgehead atoms. The average Bonchev–Trinajstić information content (AvgIpc) is 1.76. The Morgan fingerprint density at radius 3 is 1.33 bits per heavy atom. The molecule has 1 saturated heterocycles. The fourth-order valence-corrected chi connectivity index (χ4v) is 0.510. The summed E-state index contributed by atoms with van der Waals surface area (Å²) in [5.41, 5.74) is 0. The van der Waals surface area contributed by atoms with Crippen LogP contribution in [0.3, 0.4) is 0 Å². The van der Waals surface area contributed by atoms with Crippen LogP contribution in [0.25, 0.3) is 0 Å². The van der Waals surface area contributed by atoms with E-state index in [-0.39, 0.29) is 49.6 Å². The van der Waals surface area contributed by atoms with Crippen LogP contribution < -0.4 is 24.8 Å². The summed E-state index contributed by atoms with van der Waals surface area (Å²) in [6.45, 7) is 2.00. The minimum absolute atomic E-state index is 0. The van der Waals surface area contributed by atoms with Gasteiger partial charge in [0.05, 0.1) is 0 Å². The zero-order valence-corrected chi connectivity index (χ0v) is 8.19. The Balaban J connectivity index is -0.0000000312. The number of hydrogen-bond acceptors (Lipinski definition) is 1. The van der Waals surface area contributed by atoms with Crippen LogP contribution in [0.5, 0.6) is 0 Å². The molecule has 1 heterocycles. The Hall–Kier alpha value is 1.07. The molecule has 1 aliphatic rings. The Bertz CT molecular complexity index is 26.5. The van der Waals surface area contributed by atoms with Crippen molar-refractivity contribution in [2.45, 2.75) is 12.8 Å². The average molecular weight is 210 g/mol. The molecule has 1 aliphatic heterocycles. The molecule has 0 amide bonds. The van der Waals surface area contributed by atoms with Gasteiger partial charge >= 0.3 is 17.4 Å². The summed E-state index contributed by atoms with van der Waals surface area (Å²) >= 11 is 0. The molecule has 0 saturated carbocycles. The Kier molecular flexibility index (Phi) is 40.1. The second-order valence-corrected chi connectivity index (χ2v) is 1.32. The van der Waals surface area contributed by atoms with E-state index in [1.54, 1.807) is 0 Å². The second-order valence-electron chi connectivity index (χ2n) is 1.32. The van der Waals surface area contributed by atoms with Crippen LogP contribution in [0.4, 0.5) is 0 Å². The first kappa shape index (κ1) is 22.5. The third-order valence-electron chi connectivity index (χ3n) is 0.827. The predicted octanol–water partition coefficient (Wildman–Crippen LogP) is -4.75. The molecule has 0 spiro atoms. The zero-order chi connectivity index (χ0) is 3.54. The molecule has 1 radical (unpaired) electrons. The summed E-state index contributed by atoms with van der Waals surface area (Å²) in [6.07, 6.45) is 2.56. The van der Waals surface area contributed by atoms with E-state index in [4.69, 9.17) is 4.74 Å². The fraction of sp³-hybridized carbons (Fsp3) is 0.800. The van der Waals surface area contributed by atoms with Gasteiger partial charge in [-0.15, -0.1) is 0 Å². The van der Waals surface area contributed by atoms with Crippen molar-refractivity contribution >= 4 is 0 Å². The molecule has 57 valence electrons. The Labute approximate surface area is 80.5 Å². The van der Waals surface area contributed by atoms with Gasteiger partial charge in [-0.3, -0.25) is 0 Å². The van der Waals surface area contributed by atoms with Crippen LogP contribution >= 0.6 is 0 Å². The van der Waals surface area contributed by atoms with Gasteiger partial charge in [-0.05, 0) is 12.8 Å². The third kappa shape index (κ3) is 12.3. The maximum Gasteiger partial charge on any atom is 3.00 e. The van der Waals surface area contributed by atoms with Gasteiger partial charge in [0.1, 0.15) is 0 Å². The van der Waals surface area contributed by atoms with Gasteiger partial charge < -0.3 is 37.0 Å². The van der Waals surface area contributed by atoms with Crippen LogP contribution in [-0.2, 0) is 22.1 Å². The monoisotopic (exact) mass is 209 g/mol. The van der Waals surface area contributed by atoms with E-state index in [0.29, 0.717) is 0 Å². The van der Waals surface area contributed by atoms with Crippen molar-refractivity contribution in [1.29, 1.82) is 0 Å². The molecule has 0 atom stereocenters. The third-order valence-corrected chi connectivity index (χ3v) is 0.827. The van der Waals surface area contributed by atoms with Gasteiger partial charge in [0.15, 0.2) is 0 Å². The van der Waals surface area contributed by atoms with Crippen molar-refractivity contribution in [2.24, 2.45) is 0 Å². The molecule has 0 aromatic heterocycles. The minimum atomic E-state index is 0. The van der Waals surface area contributed by atoms with Gasteiger partial charge in [0.2, 0.25) is 0 Å². The topological polar surface area (TPSA) is 9.23 Å². The number of hydrogen-bond donors (Lipinski definition) is 0. The van der Waals surface area contributed by atoms with E-state index < -0.39 is 0 Å².